The first kappa shape index (κ1) is 16.9. The van der Waals surface area contributed by atoms with E-state index < -0.39 is 0 Å². The lowest BCUT2D eigenvalue weighted by Crippen LogP contribution is -2.48. The highest BCUT2D eigenvalue weighted by atomic mass is 32.1. The van der Waals surface area contributed by atoms with Crippen LogP contribution in [0, 0.1) is 0 Å². The Labute approximate surface area is 156 Å². The highest BCUT2D eigenvalue weighted by Crippen LogP contribution is 2.14. The van der Waals surface area contributed by atoms with E-state index in [9.17, 15) is 4.79 Å². The van der Waals surface area contributed by atoms with Crippen LogP contribution in [-0.4, -0.2) is 56.9 Å². The topological polar surface area (TPSA) is 54.3 Å². The Morgan fingerprint density at radius 1 is 1.00 bits per heavy atom. The average Bonchev–Trinajstić information content (AvgIpc) is 3.35. The Bertz CT molecular complexity index is 838. The Morgan fingerprint density at radius 2 is 1.81 bits per heavy atom. The number of thiophene rings is 1. The van der Waals surface area contributed by atoms with Crippen LogP contribution in [0.3, 0.4) is 0 Å². The van der Waals surface area contributed by atoms with E-state index in [0.717, 1.165) is 38.3 Å². The van der Waals surface area contributed by atoms with Gasteiger partial charge in [0.1, 0.15) is 0 Å². The molecule has 0 saturated carbocycles. The normalized spacial score (nSPS) is 15.3. The van der Waals surface area contributed by atoms with Crippen molar-refractivity contribution in [2.45, 2.75) is 13.1 Å². The molecule has 1 saturated heterocycles. The monoisotopic (exact) mass is 367 g/mol. The standard InChI is InChI=1S/C19H21N5OS/c25-19(18-15-24(21-20-18)13-16-5-2-1-3-6-16)23-10-8-22(9-11-23)14-17-7-4-12-26-17/h1-7,12,15H,8-11,13-14H2. The first-order valence-corrected chi connectivity index (χ1v) is 9.64. The van der Waals surface area contributed by atoms with E-state index in [1.165, 1.54) is 4.88 Å². The maximum absolute atomic E-state index is 12.7. The number of hydrogen-bond donors (Lipinski definition) is 0. The second-order valence-electron chi connectivity index (χ2n) is 6.43. The van der Waals surface area contributed by atoms with Crippen LogP contribution >= 0.6 is 11.3 Å². The predicted molar refractivity (Wildman–Crippen MR) is 101 cm³/mol. The largest absolute Gasteiger partial charge is 0.335 e. The number of amides is 1. The minimum Gasteiger partial charge on any atom is -0.335 e. The molecule has 1 aromatic carbocycles. The predicted octanol–water partition coefficient (Wildman–Crippen LogP) is 2.35. The number of nitrogens with zero attached hydrogens (tertiary/aromatic N) is 5. The van der Waals surface area contributed by atoms with Gasteiger partial charge < -0.3 is 4.90 Å². The summed E-state index contributed by atoms with van der Waals surface area (Å²) in [5, 5.41) is 10.3. The van der Waals surface area contributed by atoms with E-state index in [-0.39, 0.29) is 5.91 Å². The van der Waals surface area contributed by atoms with Crippen LogP contribution < -0.4 is 0 Å². The van der Waals surface area contributed by atoms with E-state index in [1.807, 2.05) is 35.2 Å². The van der Waals surface area contributed by atoms with Gasteiger partial charge in [-0.2, -0.15) is 0 Å². The smallest absolute Gasteiger partial charge is 0.276 e. The highest BCUT2D eigenvalue weighted by molar-refractivity contribution is 7.09. The van der Waals surface area contributed by atoms with Crippen LogP contribution in [0.5, 0.6) is 0 Å². The van der Waals surface area contributed by atoms with Crippen molar-refractivity contribution in [3.63, 3.8) is 0 Å². The van der Waals surface area contributed by atoms with Gasteiger partial charge in [0.25, 0.3) is 5.91 Å². The van der Waals surface area contributed by atoms with Crippen LogP contribution in [0.15, 0.2) is 54.0 Å². The van der Waals surface area contributed by atoms with Crippen LogP contribution in [0.1, 0.15) is 20.9 Å². The first-order chi connectivity index (χ1) is 12.8. The number of aromatic nitrogens is 3. The zero-order valence-corrected chi connectivity index (χ0v) is 15.3. The molecule has 0 N–H and O–H groups in total. The molecule has 7 heteroatoms. The van der Waals surface area contributed by atoms with Crippen molar-refractivity contribution in [3.05, 3.63) is 70.2 Å². The van der Waals surface area contributed by atoms with Crippen molar-refractivity contribution in [1.82, 2.24) is 24.8 Å². The fourth-order valence-corrected chi connectivity index (χ4v) is 3.88. The maximum Gasteiger partial charge on any atom is 0.276 e. The van der Waals surface area contributed by atoms with Gasteiger partial charge in [0.2, 0.25) is 0 Å². The summed E-state index contributed by atoms with van der Waals surface area (Å²) in [5.41, 5.74) is 1.56. The lowest BCUT2D eigenvalue weighted by molar-refractivity contribution is 0.0624. The van der Waals surface area contributed by atoms with Gasteiger partial charge in [-0.25, -0.2) is 4.68 Å². The molecular formula is C19H21N5OS. The van der Waals surface area contributed by atoms with Gasteiger partial charge in [0, 0.05) is 37.6 Å². The van der Waals surface area contributed by atoms with Gasteiger partial charge in [-0.3, -0.25) is 9.69 Å². The van der Waals surface area contributed by atoms with Crippen LogP contribution in [0.25, 0.3) is 0 Å². The minimum atomic E-state index is -0.0277. The lowest BCUT2D eigenvalue weighted by Gasteiger charge is -2.34. The Balaban J connectivity index is 1.32. The molecular weight excluding hydrogens is 346 g/mol. The third kappa shape index (κ3) is 4.00. The van der Waals surface area contributed by atoms with Gasteiger partial charge in [0.15, 0.2) is 5.69 Å². The van der Waals surface area contributed by atoms with Crippen LogP contribution in [0.2, 0.25) is 0 Å². The number of piperazine rings is 1. The van der Waals surface area contributed by atoms with Crippen LogP contribution in [-0.2, 0) is 13.1 Å². The molecule has 4 rings (SSSR count). The zero-order valence-electron chi connectivity index (χ0n) is 14.5. The lowest BCUT2D eigenvalue weighted by atomic mass is 10.2. The summed E-state index contributed by atoms with van der Waals surface area (Å²) in [4.78, 5) is 18.3. The molecule has 6 nitrogen and oxygen atoms in total. The Hall–Kier alpha value is -2.51. The van der Waals surface area contributed by atoms with Gasteiger partial charge >= 0.3 is 0 Å². The second-order valence-corrected chi connectivity index (χ2v) is 7.47. The van der Waals surface area contributed by atoms with Gasteiger partial charge in [0.05, 0.1) is 12.7 Å². The molecule has 2 aromatic heterocycles. The molecule has 0 radical (unpaired) electrons. The maximum atomic E-state index is 12.7. The Kier molecular flexibility index (Phi) is 5.08. The minimum absolute atomic E-state index is 0.0277. The molecule has 26 heavy (non-hydrogen) atoms. The number of rotatable bonds is 5. The highest BCUT2D eigenvalue weighted by Gasteiger charge is 2.24. The molecule has 0 bridgehead atoms. The number of carbonyl (C=O) groups excluding carboxylic acids is 1. The van der Waals surface area contributed by atoms with Gasteiger partial charge in [-0.05, 0) is 17.0 Å². The third-order valence-electron chi connectivity index (χ3n) is 4.56. The van der Waals surface area contributed by atoms with Gasteiger partial charge in [-0.15, -0.1) is 16.4 Å². The number of hydrogen-bond acceptors (Lipinski definition) is 5. The summed E-state index contributed by atoms with van der Waals surface area (Å²) >= 11 is 1.78. The molecule has 3 heterocycles. The molecule has 1 aliphatic rings. The van der Waals surface area contributed by atoms with Crippen molar-refractivity contribution in [1.29, 1.82) is 0 Å². The summed E-state index contributed by atoms with van der Waals surface area (Å²) in [6.07, 6.45) is 1.74. The zero-order chi connectivity index (χ0) is 17.8. The van der Waals surface area contributed by atoms with E-state index in [0.29, 0.717) is 12.2 Å². The van der Waals surface area contributed by atoms with E-state index in [4.69, 9.17) is 0 Å². The molecule has 1 aliphatic heterocycles. The SMILES string of the molecule is O=C(c1cn(Cc2ccccc2)nn1)N1CCN(Cc2cccs2)CC1. The molecule has 0 spiro atoms. The number of carbonyl (C=O) groups is 1. The molecule has 134 valence electrons. The summed E-state index contributed by atoms with van der Waals surface area (Å²) in [6, 6.07) is 14.3. The fourth-order valence-electron chi connectivity index (χ4n) is 3.14. The molecule has 1 fully saturated rings. The molecule has 3 aromatic rings. The number of benzene rings is 1. The molecule has 1 amide bonds. The summed E-state index contributed by atoms with van der Waals surface area (Å²) in [7, 11) is 0. The average molecular weight is 367 g/mol. The van der Waals surface area contributed by atoms with E-state index >= 15 is 0 Å². The summed E-state index contributed by atoms with van der Waals surface area (Å²) < 4.78 is 1.72. The van der Waals surface area contributed by atoms with E-state index in [1.54, 1.807) is 22.2 Å². The fraction of sp³-hybridized carbons (Fsp3) is 0.316. The van der Waals surface area contributed by atoms with Crippen molar-refractivity contribution in [2.75, 3.05) is 26.2 Å². The van der Waals surface area contributed by atoms with E-state index in [2.05, 4.69) is 32.7 Å². The third-order valence-corrected chi connectivity index (χ3v) is 5.43. The Morgan fingerprint density at radius 3 is 2.54 bits per heavy atom. The van der Waals surface area contributed by atoms with Crippen molar-refractivity contribution in [3.8, 4) is 0 Å². The molecule has 0 unspecified atom stereocenters. The van der Waals surface area contributed by atoms with Crippen molar-refractivity contribution < 1.29 is 4.79 Å². The summed E-state index contributed by atoms with van der Waals surface area (Å²) in [5.74, 6) is -0.0277. The van der Waals surface area contributed by atoms with Gasteiger partial charge in [-0.1, -0.05) is 41.6 Å². The first-order valence-electron chi connectivity index (χ1n) is 8.76. The molecule has 0 aliphatic carbocycles. The molecule has 0 atom stereocenters. The summed E-state index contributed by atoms with van der Waals surface area (Å²) in [6.45, 7) is 4.83. The van der Waals surface area contributed by atoms with Crippen molar-refractivity contribution >= 4 is 17.2 Å². The second kappa shape index (κ2) is 7.80. The van der Waals surface area contributed by atoms with Crippen molar-refractivity contribution in [2.24, 2.45) is 0 Å². The van der Waals surface area contributed by atoms with Crippen LogP contribution in [0.4, 0.5) is 0 Å². The quantitative estimate of drug-likeness (QED) is 0.695.